The molecule has 1 saturated heterocycles. The van der Waals surface area contributed by atoms with Gasteiger partial charge < -0.3 is 15.4 Å². The van der Waals surface area contributed by atoms with Crippen LogP contribution in [-0.2, 0) is 11.8 Å². The third kappa shape index (κ3) is 2.60. The molecule has 0 saturated carbocycles. The summed E-state index contributed by atoms with van der Waals surface area (Å²) in [6.45, 7) is 6.01. The molecule has 0 radical (unpaired) electrons. The lowest BCUT2D eigenvalue weighted by molar-refractivity contribution is 0.0495. The summed E-state index contributed by atoms with van der Waals surface area (Å²) in [6.07, 6.45) is 1.34. The number of aromatic nitrogens is 2. The van der Waals surface area contributed by atoms with Crippen molar-refractivity contribution in [2.24, 2.45) is 18.7 Å². The van der Waals surface area contributed by atoms with Gasteiger partial charge in [-0.1, -0.05) is 19.1 Å². The van der Waals surface area contributed by atoms with Gasteiger partial charge in [0.2, 0.25) is 0 Å². The Morgan fingerprint density at radius 2 is 2.21 bits per heavy atom. The average Bonchev–Trinajstić information content (AvgIpc) is 2.65. The van der Waals surface area contributed by atoms with E-state index in [0.29, 0.717) is 10.9 Å². The maximum atomic E-state index is 5.85. The topological polar surface area (TPSA) is 56.3 Å². The summed E-state index contributed by atoms with van der Waals surface area (Å²) in [6, 6.07) is 0. The van der Waals surface area contributed by atoms with Crippen LogP contribution in [0.2, 0.25) is 0 Å². The van der Waals surface area contributed by atoms with Gasteiger partial charge in [-0.25, -0.2) is 0 Å². The first-order valence-electron chi connectivity index (χ1n) is 6.56. The first-order valence-corrected chi connectivity index (χ1v) is 6.97. The van der Waals surface area contributed by atoms with Gasteiger partial charge in [-0.15, -0.1) is 0 Å². The van der Waals surface area contributed by atoms with Gasteiger partial charge in [0, 0.05) is 27.2 Å². The Hall–Kier alpha value is -1.14. The molecule has 2 unspecified atom stereocenters. The molecule has 19 heavy (non-hydrogen) atoms. The molecule has 2 rings (SSSR count). The maximum Gasteiger partial charge on any atom is 0.137 e. The molecule has 1 aromatic heterocycles. The van der Waals surface area contributed by atoms with Gasteiger partial charge in [-0.05, 0) is 19.3 Å². The van der Waals surface area contributed by atoms with Crippen molar-refractivity contribution in [3.63, 3.8) is 0 Å². The SMILES string of the molecule is COC1CN(c2c(C(N)=S)c(C)nn2C)CCC1C. The van der Waals surface area contributed by atoms with Crippen LogP contribution in [0.1, 0.15) is 24.6 Å². The van der Waals surface area contributed by atoms with Gasteiger partial charge in [-0.2, -0.15) is 5.10 Å². The Morgan fingerprint density at radius 1 is 1.53 bits per heavy atom. The molecule has 1 aliphatic heterocycles. The summed E-state index contributed by atoms with van der Waals surface area (Å²) >= 11 is 5.17. The summed E-state index contributed by atoms with van der Waals surface area (Å²) in [5.41, 5.74) is 7.63. The molecule has 0 bridgehead atoms. The van der Waals surface area contributed by atoms with E-state index in [1.807, 2.05) is 18.7 Å². The van der Waals surface area contributed by atoms with Gasteiger partial charge in [0.05, 0.1) is 17.4 Å². The fourth-order valence-corrected chi connectivity index (χ4v) is 3.07. The number of nitrogens with two attached hydrogens (primary N) is 1. The number of rotatable bonds is 3. The first-order chi connectivity index (χ1) is 8.95. The molecule has 0 aliphatic carbocycles. The van der Waals surface area contributed by atoms with Crippen LogP contribution >= 0.6 is 12.2 Å². The normalized spacial score (nSPS) is 23.7. The fraction of sp³-hybridized carbons (Fsp3) is 0.692. The predicted octanol–water partition coefficient (Wildman–Crippen LogP) is 1.22. The Labute approximate surface area is 119 Å². The van der Waals surface area contributed by atoms with Crippen molar-refractivity contribution in [3.8, 4) is 0 Å². The minimum atomic E-state index is 0.239. The summed E-state index contributed by atoms with van der Waals surface area (Å²) in [5.74, 6) is 1.59. The molecule has 0 aromatic carbocycles. The quantitative estimate of drug-likeness (QED) is 0.845. The smallest absolute Gasteiger partial charge is 0.137 e. The highest BCUT2D eigenvalue weighted by molar-refractivity contribution is 7.80. The molecule has 6 heteroatoms. The zero-order chi connectivity index (χ0) is 14.2. The van der Waals surface area contributed by atoms with Crippen LogP contribution in [0.15, 0.2) is 0 Å². The summed E-state index contributed by atoms with van der Waals surface area (Å²) in [4.78, 5) is 2.69. The second kappa shape index (κ2) is 5.46. The fourth-order valence-electron chi connectivity index (χ4n) is 2.83. The van der Waals surface area contributed by atoms with Crippen LogP contribution < -0.4 is 10.6 Å². The number of ether oxygens (including phenoxy) is 1. The van der Waals surface area contributed by atoms with Crippen LogP contribution in [0.4, 0.5) is 5.82 Å². The molecule has 5 nitrogen and oxygen atoms in total. The molecule has 106 valence electrons. The second-order valence-corrected chi connectivity index (χ2v) is 5.70. The van der Waals surface area contributed by atoms with Crippen molar-refractivity contribution >= 4 is 23.0 Å². The Bertz CT molecular complexity index is 485. The van der Waals surface area contributed by atoms with E-state index in [9.17, 15) is 0 Å². The molecule has 2 N–H and O–H groups in total. The van der Waals surface area contributed by atoms with E-state index < -0.39 is 0 Å². The largest absolute Gasteiger partial charge is 0.389 e. The van der Waals surface area contributed by atoms with E-state index in [2.05, 4.69) is 16.9 Å². The lowest BCUT2D eigenvalue weighted by Gasteiger charge is -2.37. The van der Waals surface area contributed by atoms with Gasteiger partial charge >= 0.3 is 0 Å². The lowest BCUT2D eigenvalue weighted by atomic mass is 9.95. The zero-order valence-electron chi connectivity index (χ0n) is 12.0. The van der Waals surface area contributed by atoms with Gasteiger partial charge in [0.15, 0.2) is 0 Å². The predicted molar refractivity (Wildman–Crippen MR) is 80.6 cm³/mol. The van der Waals surface area contributed by atoms with E-state index >= 15 is 0 Å². The molecular formula is C13H22N4OS. The minimum absolute atomic E-state index is 0.239. The number of thiocarbonyl (C=S) groups is 1. The molecule has 2 atom stereocenters. The van der Waals surface area contributed by atoms with Gasteiger partial charge in [-0.3, -0.25) is 4.68 Å². The summed E-state index contributed by atoms with van der Waals surface area (Å²) in [5, 5.41) is 4.44. The number of hydrogen-bond acceptors (Lipinski definition) is 4. The van der Waals surface area contributed by atoms with E-state index in [1.54, 1.807) is 7.11 Å². The zero-order valence-corrected chi connectivity index (χ0v) is 12.8. The Balaban J connectivity index is 2.34. The third-order valence-corrected chi connectivity index (χ3v) is 4.13. The van der Waals surface area contributed by atoms with Gasteiger partial charge in [0.25, 0.3) is 0 Å². The molecule has 0 spiro atoms. The highest BCUT2D eigenvalue weighted by atomic mass is 32.1. The molecule has 1 fully saturated rings. The van der Waals surface area contributed by atoms with Crippen molar-refractivity contribution in [2.75, 3.05) is 25.1 Å². The average molecular weight is 282 g/mol. The molecular weight excluding hydrogens is 260 g/mol. The maximum absolute atomic E-state index is 5.85. The van der Waals surface area contributed by atoms with E-state index in [-0.39, 0.29) is 6.10 Å². The number of anilines is 1. The number of aryl methyl sites for hydroxylation is 2. The van der Waals surface area contributed by atoms with Crippen LogP contribution in [0, 0.1) is 12.8 Å². The van der Waals surface area contributed by atoms with Crippen LogP contribution in [-0.4, -0.2) is 41.1 Å². The molecule has 1 aliphatic rings. The van der Waals surface area contributed by atoms with Crippen LogP contribution in [0.3, 0.4) is 0 Å². The Kier molecular flexibility index (Phi) is 4.10. The molecule has 2 heterocycles. The molecule has 0 amide bonds. The highest BCUT2D eigenvalue weighted by Crippen LogP contribution is 2.28. The van der Waals surface area contributed by atoms with Crippen LogP contribution in [0.5, 0.6) is 0 Å². The summed E-state index contributed by atoms with van der Waals surface area (Å²) in [7, 11) is 3.71. The first kappa shape index (κ1) is 14.3. The van der Waals surface area contributed by atoms with Gasteiger partial charge in [0.1, 0.15) is 10.8 Å². The van der Waals surface area contributed by atoms with Crippen LogP contribution in [0.25, 0.3) is 0 Å². The number of nitrogens with zero attached hydrogens (tertiary/aromatic N) is 3. The second-order valence-electron chi connectivity index (χ2n) is 5.26. The number of hydrogen-bond donors (Lipinski definition) is 1. The van der Waals surface area contributed by atoms with E-state index in [1.165, 1.54) is 0 Å². The van der Waals surface area contributed by atoms with Crippen molar-refractivity contribution < 1.29 is 4.74 Å². The number of methoxy groups -OCH3 is 1. The van der Waals surface area contributed by atoms with E-state index in [0.717, 1.165) is 36.6 Å². The minimum Gasteiger partial charge on any atom is -0.389 e. The number of piperidine rings is 1. The van der Waals surface area contributed by atoms with Crippen molar-refractivity contribution in [1.29, 1.82) is 0 Å². The monoisotopic (exact) mass is 282 g/mol. The molecule has 1 aromatic rings. The summed E-state index contributed by atoms with van der Waals surface area (Å²) < 4.78 is 7.43. The highest BCUT2D eigenvalue weighted by Gasteiger charge is 2.30. The van der Waals surface area contributed by atoms with Crippen molar-refractivity contribution in [2.45, 2.75) is 26.4 Å². The third-order valence-electron chi connectivity index (χ3n) is 3.93. The van der Waals surface area contributed by atoms with Crippen molar-refractivity contribution in [1.82, 2.24) is 9.78 Å². The Morgan fingerprint density at radius 3 is 2.79 bits per heavy atom. The standard InChI is InChI=1S/C13H22N4OS/c1-8-5-6-17(7-10(8)18-4)13-11(12(14)19)9(2)15-16(13)3/h8,10H,5-7H2,1-4H3,(H2,14,19). The van der Waals surface area contributed by atoms with Crippen molar-refractivity contribution in [3.05, 3.63) is 11.3 Å². The van der Waals surface area contributed by atoms with E-state index in [4.69, 9.17) is 22.7 Å². The lowest BCUT2D eigenvalue weighted by Crippen LogP contribution is -2.45.